The molecule has 1 fully saturated rings. The molecular formula is C30H31F2N3O2. The molecule has 0 aliphatic carbocycles. The number of nitrogens with zero attached hydrogens (tertiary/aromatic N) is 2. The Morgan fingerprint density at radius 3 is 2.46 bits per heavy atom. The molecule has 0 spiro atoms. The predicted molar refractivity (Wildman–Crippen MR) is 140 cm³/mol. The molecule has 0 saturated carbocycles. The molecule has 0 aromatic heterocycles. The van der Waals surface area contributed by atoms with Gasteiger partial charge in [0.1, 0.15) is 0 Å². The molecule has 3 aromatic carbocycles. The Balaban J connectivity index is 1.49. The van der Waals surface area contributed by atoms with Crippen molar-refractivity contribution in [1.82, 2.24) is 5.32 Å². The quantitative estimate of drug-likeness (QED) is 0.461. The van der Waals surface area contributed by atoms with Crippen LogP contribution in [0, 0.1) is 17.6 Å². The minimum atomic E-state index is -0.934. The molecule has 3 aromatic rings. The zero-order valence-electron chi connectivity index (χ0n) is 21.1. The summed E-state index contributed by atoms with van der Waals surface area (Å²) in [6.07, 6.45) is 1.39. The average molecular weight is 504 g/mol. The SMILES string of the molecule is CC(C)C1C(C(=O)NCc2ccc(F)c(F)c2)c2ccc(N3CCCC3=O)cc2N1Cc1ccccc1. The van der Waals surface area contributed by atoms with Crippen molar-refractivity contribution in [1.29, 1.82) is 0 Å². The van der Waals surface area contributed by atoms with Gasteiger partial charge in [-0.3, -0.25) is 9.59 Å². The maximum Gasteiger partial charge on any atom is 0.229 e. The van der Waals surface area contributed by atoms with E-state index in [0.717, 1.165) is 41.1 Å². The highest BCUT2D eigenvalue weighted by Crippen LogP contribution is 2.46. The zero-order valence-corrected chi connectivity index (χ0v) is 21.1. The van der Waals surface area contributed by atoms with Gasteiger partial charge in [0, 0.05) is 43.5 Å². The van der Waals surface area contributed by atoms with E-state index in [-0.39, 0.29) is 30.3 Å². The van der Waals surface area contributed by atoms with Crippen LogP contribution in [0.2, 0.25) is 0 Å². The highest BCUT2D eigenvalue weighted by molar-refractivity contribution is 5.97. The Kier molecular flexibility index (Phi) is 6.96. The number of nitrogens with one attached hydrogen (secondary N) is 1. The van der Waals surface area contributed by atoms with Gasteiger partial charge in [-0.1, -0.05) is 56.3 Å². The molecule has 2 amide bonds. The molecule has 37 heavy (non-hydrogen) atoms. The molecule has 1 saturated heterocycles. The fraction of sp³-hybridized carbons (Fsp3) is 0.333. The summed E-state index contributed by atoms with van der Waals surface area (Å²) in [4.78, 5) is 30.2. The fourth-order valence-electron chi connectivity index (χ4n) is 5.62. The highest BCUT2D eigenvalue weighted by Gasteiger charge is 2.44. The summed E-state index contributed by atoms with van der Waals surface area (Å²) in [5.74, 6) is -2.20. The predicted octanol–water partition coefficient (Wildman–Crippen LogP) is 5.54. The van der Waals surface area contributed by atoms with E-state index in [0.29, 0.717) is 25.1 Å². The lowest BCUT2D eigenvalue weighted by Crippen LogP contribution is -2.43. The Morgan fingerprint density at radius 2 is 1.78 bits per heavy atom. The Hall–Kier alpha value is -3.74. The number of halogens is 2. The van der Waals surface area contributed by atoms with E-state index in [9.17, 15) is 18.4 Å². The van der Waals surface area contributed by atoms with Crippen molar-refractivity contribution in [3.05, 3.63) is 95.1 Å². The van der Waals surface area contributed by atoms with E-state index >= 15 is 0 Å². The minimum Gasteiger partial charge on any atom is -0.363 e. The molecule has 2 atom stereocenters. The highest BCUT2D eigenvalue weighted by atomic mass is 19.2. The number of carbonyl (C=O) groups is 2. The standard InChI is InChI=1S/C30H31F2N3O2/c1-19(2)29-28(30(37)33-17-21-10-13-24(31)25(32)15-21)23-12-11-22(34-14-6-9-27(34)36)16-26(23)35(29)18-20-7-4-3-5-8-20/h3-5,7-8,10-13,15-16,19,28-29H,6,9,14,17-18H2,1-2H3,(H,33,37). The molecule has 1 N–H and O–H groups in total. The molecule has 2 aliphatic heterocycles. The van der Waals surface area contributed by atoms with Crippen LogP contribution in [0.1, 0.15) is 49.3 Å². The third kappa shape index (κ3) is 4.95. The number of hydrogen-bond acceptors (Lipinski definition) is 3. The minimum absolute atomic E-state index is 0.103. The average Bonchev–Trinajstić information content (AvgIpc) is 3.46. The van der Waals surface area contributed by atoms with Crippen molar-refractivity contribution in [3.8, 4) is 0 Å². The molecule has 5 rings (SSSR count). The van der Waals surface area contributed by atoms with Crippen LogP contribution in [-0.4, -0.2) is 24.4 Å². The molecule has 2 unspecified atom stereocenters. The summed E-state index contributed by atoms with van der Waals surface area (Å²) in [6, 6.07) is 19.6. The van der Waals surface area contributed by atoms with Crippen molar-refractivity contribution in [3.63, 3.8) is 0 Å². The van der Waals surface area contributed by atoms with Gasteiger partial charge in [0.2, 0.25) is 11.8 Å². The van der Waals surface area contributed by atoms with Crippen molar-refractivity contribution < 1.29 is 18.4 Å². The van der Waals surface area contributed by atoms with Crippen LogP contribution >= 0.6 is 0 Å². The van der Waals surface area contributed by atoms with Crippen molar-refractivity contribution in [2.24, 2.45) is 5.92 Å². The summed E-state index contributed by atoms with van der Waals surface area (Å²) in [6.45, 7) is 5.64. The van der Waals surface area contributed by atoms with Gasteiger partial charge in [-0.05, 0) is 53.3 Å². The van der Waals surface area contributed by atoms with Crippen LogP contribution < -0.4 is 15.1 Å². The summed E-state index contributed by atoms with van der Waals surface area (Å²) in [5, 5.41) is 2.96. The van der Waals surface area contributed by atoms with E-state index in [4.69, 9.17) is 0 Å². The van der Waals surface area contributed by atoms with E-state index < -0.39 is 17.6 Å². The summed E-state index contributed by atoms with van der Waals surface area (Å²) >= 11 is 0. The van der Waals surface area contributed by atoms with Gasteiger partial charge in [0.05, 0.1) is 5.92 Å². The van der Waals surface area contributed by atoms with Crippen LogP contribution in [0.5, 0.6) is 0 Å². The second kappa shape index (κ2) is 10.3. The third-order valence-corrected chi connectivity index (χ3v) is 7.36. The summed E-state index contributed by atoms with van der Waals surface area (Å²) in [5.41, 5.74) is 4.34. The van der Waals surface area contributed by atoms with Crippen LogP contribution in [0.4, 0.5) is 20.2 Å². The number of amides is 2. The van der Waals surface area contributed by atoms with Crippen LogP contribution in [0.3, 0.4) is 0 Å². The van der Waals surface area contributed by atoms with E-state index in [1.807, 2.05) is 41.3 Å². The first-order valence-electron chi connectivity index (χ1n) is 12.8. The summed E-state index contributed by atoms with van der Waals surface area (Å²) in [7, 11) is 0. The lowest BCUT2D eigenvalue weighted by molar-refractivity contribution is -0.123. The number of rotatable bonds is 7. The van der Waals surface area contributed by atoms with Gasteiger partial charge in [-0.15, -0.1) is 0 Å². The van der Waals surface area contributed by atoms with Crippen LogP contribution in [-0.2, 0) is 22.7 Å². The molecule has 192 valence electrons. The first kappa shape index (κ1) is 24.9. The molecule has 2 heterocycles. The number of carbonyl (C=O) groups excluding carboxylic acids is 2. The van der Waals surface area contributed by atoms with Crippen molar-refractivity contribution >= 4 is 23.2 Å². The lowest BCUT2D eigenvalue weighted by atomic mass is 9.87. The van der Waals surface area contributed by atoms with Crippen LogP contribution in [0.15, 0.2) is 66.7 Å². The maximum atomic E-state index is 13.7. The summed E-state index contributed by atoms with van der Waals surface area (Å²) < 4.78 is 27.0. The van der Waals surface area contributed by atoms with Gasteiger partial charge in [-0.25, -0.2) is 8.78 Å². The van der Waals surface area contributed by atoms with Gasteiger partial charge < -0.3 is 15.1 Å². The van der Waals surface area contributed by atoms with E-state index in [1.165, 1.54) is 6.07 Å². The molecule has 0 bridgehead atoms. The Labute approximate surface area is 216 Å². The first-order chi connectivity index (χ1) is 17.8. The Morgan fingerprint density at radius 1 is 1.00 bits per heavy atom. The molecule has 0 radical (unpaired) electrons. The van der Waals surface area contributed by atoms with Gasteiger partial charge in [0.15, 0.2) is 11.6 Å². The smallest absolute Gasteiger partial charge is 0.229 e. The van der Waals surface area contributed by atoms with Gasteiger partial charge in [-0.2, -0.15) is 0 Å². The normalized spacial score (nSPS) is 19.0. The lowest BCUT2D eigenvalue weighted by Gasteiger charge is -2.33. The second-order valence-electron chi connectivity index (χ2n) is 10.2. The molecule has 7 heteroatoms. The zero-order chi connectivity index (χ0) is 26.1. The Bertz CT molecular complexity index is 1310. The largest absolute Gasteiger partial charge is 0.363 e. The number of benzene rings is 3. The topological polar surface area (TPSA) is 52.7 Å². The number of hydrogen-bond donors (Lipinski definition) is 1. The first-order valence-corrected chi connectivity index (χ1v) is 12.8. The molecule has 5 nitrogen and oxygen atoms in total. The van der Waals surface area contributed by atoms with E-state index in [1.54, 1.807) is 0 Å². The van der Waals surface area contributed by atoms with Gasteiger partial charge in [0.25, 0.3) is 0 Å². The number of fused-ring (bicyclic) bond motifs is 1. The van der Waals surface area contributed by atoms with Gasteiger partial charge >= 0.3 is 0 Å². The van der Waals surface area contributed by atoms with E-state index in [2.05, 4.69) is 36.2 Å². The van der Waals surface area contributed by atoms with Crippen molar-refractivity contribution in [2.45, 2.75) is 51.7 Å². The third-order valence-electron chi connectivity index (χ3n) is 7.36. The van der Waals surface area contributed by atoms with Crippen LogP contribution in [0.25, 0.3) is 0 Å². The molecule has 2 aliphatic rings. The monoisotopic (exact) mass is 503 g/mol. The fourth-order valence-corrected chi connectivity index (χ4v) is 5.62. The second-order valence-corrected chi connectivity index (χ2v) is 10.2. The van der Waals surface area contributed by atoms with Crippen molar-refractivity contribution in [2.75, 3.05) is 16.3 Å². The maximum absolute atomic E-state index is 13.7. The molecular weight excluding hydrogens is 472 g/mol. The number of anilines is 2.